The molecule has 2 aromatic rings. The Morgan fingerprint density at radius 3 is 2.42 bits per heavy atom. The summed E-state index contributed by atoms with van der Waals surface area (Å²) in [5, 5.41) is 0. The number of para-hydroxylation sites is 1. The zero-order chi connectivity index (χ0) is 17.5. The van der Waals surface area contributed by atoms with Crippen LogP contribution < -0.4 is 4.90 Å². The number of aryl methyl sites for hydroxylation is 2. The van der Waals surface area contributed by atoms with Gasteiger partial charge in [0.2, 0.25) is 9.84 Å². The smallest absolute Gasteiger partial charge is 0.351 e. The van der Waals surface area contributed by atoms with Gasteiger partial charge in [0.15, 0.2) is 4.91 Å². The first-order valence-electron chi connectivity index (χ1n) is 7.37. The molecule has 0 saturated heterocycles. The summed E-state index contributed by atoms with van der Waals surface area (Å²) in [6.07, 6.45) is 1.33. The molecule has 0 aliphatic carbocycles. The highest BCUT2D eigenvalue weighted by atomic mass is 32.2. The van der Waals surface area contributed by atoms with E-state index in [2.05, 4.69) is 4.74 Å². The summed E-state index contributed by atoms with van der Waals surface area (Å²) >= 11 is 0. The maximum absolute atomic E-state index is 12.7. The molecular weight excluding hydrogens is 326 g/mol. The van der Waals surface area contributed by atoms with Crippen LogP contribution in [0.5, 0.6) is 0 Å². The third kappa shape index (κ3) is 2.49. The number of hydrogen-bond acceptors (Lipinski definition) is 5. The van der Waals surface area contributed by atoms with Crippen molar-refractivity contribution in [2.75, 3.05) is 12.0 Å². The van der Waals surface area contributed by atoms with Crippen LogP contribution in [-0.4, -0.2) is 21.5 Å². The summed E-state index contributed by atoms with van der Waals surface area (Å²) in [4.78, 5) is 13.4. The van der Waals surface area contributed by atoms with E-state index in [-0.39, 0.29) is 9.80 Å². The zero-order valence-electron chi connectivity index (χ0n) is 13.6. The standard InChI is InChI=1S/C18H17NO4S/c1-12-8-9-14(10-13(12)2)19-11-17(18(20)23-3)24(21,22)16-7-5-4-6-15(16)19/h4-11H,1-3H3. The van der Waals surface area contributed by atoms with E-state index < -0.39 is 15.8 Å². The van der Waals surface area contributed by atoms with E-state index in [1.165, 1.54) is 19.4 Å². The van der Waals surface area contributed by atoms with E-state index in [9.17, 15) is 13.2 Å². The molecule has 1 heterocycles. The molecule has 0 aromatic heterocycles. The van der Waals surface area contributed by atoms with Crippen LogP contribution in [0.3, 0.4) is 0 Å². The molecule has 0 atom stereocenters. The fraction of sp³-hybridized carbons (Fsp3) is 0.167. The van der Waals surface area contributed by atoms with Crippen LogP contribution in [0.25, 0.3) is 0 Å². The molecule has 24 heavy (non-hydrogen) atoms. The Hall–Kier alpha value is -2.60. The molecule has 0 saturated carbocycles. The van der Waals surface area contributed by atoms with Gasteiger partial charge in [-0.05, 0) is 49.2 Å². The SMILES string of the molecule is COC(=O)C1=CN(c2ccc(C)c(C)c2)c2ccccc2S1(=O)=O. The first-order chi connectivity index (χ1) is 11.4. The summed E-state index contributed by atoms with van der Waals surface area (Å²) < 4.78 is 30.1. The lowest BCUT2D eigenvalue weighted by molar-refractivity contribution is -0.135. The highest BCUT2D eigenvalue weighted by Gasteiger charge is 2.36. The Balaban J connectivity index is 2.27. The van der Waals surface area contributed by atoms with E-state index in [0.29, 0.717) is 5.69 Å². The number of benzene rings is 2. The second-order valence-corrected chi connectivity index (χ2v) is 7.48. The number of anilines is 2. The summed E-state index contributed by atoms with van der Waals surface area (Å²) in [7, 11) is -2.74. The van der Waals surface area contributed by atoms with Gasteiger partial charge in [0.1, 0.15) is 0 Å². The Kier molecular flexibility index (Phi) is 3.93. The number of nitrogens with zero attached hydrogens (tertiary/aromatic N) is 1. The van der Waals surface area contributed by atoms with Gasteiger partial charge in [-0.15, -0.1) is 0 Å². The Labute approximate surface area is 141 Å². The fourth-order valence-electron chi connectivity index (χ4n) is 2.61. The topological polar surface area (TPSA) is 63.7 Å². The van der Waals surface area contributed by atoms with Crippen LogP contribution in [0.15, 0.2) is 58.5 Å². The number of carbonyl (C=O) groups excluding carboxylic acids is 1. The van der Waals surface area contributed by atoms with Crippen LogP contribution >= 0.6 is 0 Å². The van der Waals surface area contributed by atoms with Gasteiger partial charge >= 0.3 is 5.97 Å². The van der Waals surface area contributed by atoms with Gasteiger partial charge < -0.3 is 9.64 Å². The van der Waals surface area contributed by atoms with Crippen molar-refractivity contribution in [2.45, 2.75) is 18.7 Å². The molecule has 5 nitrogen and oxygen atoms in total. The first-order valence-corrected chi connectivity index (χ1v) is 8.85. The number of carbonyl (C=O) groups is 1. The Morgan fingerprint density at radius 2 is 1.75 bits per heavy atom. The average Bonchev–Trinajstić information content (AvgIpc) is 2.57. The molecule has 0 amide bonds. The summed E-state index contributed by atoms with van der Waals surface area (Å²) in [6.45, 7) is 3.99. The van der Waals surface area contributed by atoms with Crippen LogP contribution in [0.4, 0.5) is 11.4 Å². The van der Waals surface area contributed by atoms with E-state index >= 15 is 0 Å². The zero-order valence-corrected chi connectivity index (χ0v) is 14.4. The highest BCUT2D eigenvalue weighted by Crippen LogP contribution is 2.39. The normalized spacial score (nSPS) is 15.5. The van der Waals surface area contributed by atoms with E-state index in [1.54, 1.807) is 23.1 Å². The summed E-state index contributed by atoms with van der Waals surface area (Å²) in [5.41, 5.74) is 3.50. The fourth-order valence-corrected chi connectivity index (χ4v) is 4.09. The Morgan fingerprint density at radius 1 is 1.04 bits per heavy atom. The van der Waals surface area contributed by atoms with Crippen molar-refractivity contribution in [1.82, 2.24) is 0 Å². The molecule has 2 aromatic carbocycles. The van der Waals surface area contributed by atoms with Crippen molar-refractivity contribution in [1.29, 1.82) is 0 Å². The van der Waals surface area contributed by atoms with E-state index in [0.717, 1.165) is 16.8 Å². The van der Waals surface area contributed by atoms with Gasteiger partial charge in [0.05, 0.1) is 17.7 Å². The van der Waals surface area contributed by atoms with Crippen LogP contribution in [-0.2, 0) is 19.4 Å². The Bertz CT molecular complexity index is 961. The lowest BCUT2D eigenvalue weighted by Gasteiger charge is -2.28. The van der Waals surface area contributed by atoms with E-state index in [4.69, 9.17) is 0 Å². The minimum Gasteiger partial charge on any atom is -0.465 e. The predicted molar refractivity (Wildman–Crippen MR) is 91.8 cm³/mol. The van der Waals surface area contributed by atoms with Gasteiger partial charge in [-0.25, -0.2) is 13.2 Å². The van der Waals surface area contributed by atoms with E-state index in [1.807, 2.05) is 32.0 Å². The van der Waals surface area contributed by atoms with Gasteiger partial charge in [0.25, 0.3) is 0 Å². The highest BCUT2D eigenvalue weighted by molar-refractivity contribution is 7.96. The number of ether oxygens (including phenoxy) is 1. The molecule has 0 N–H and O–H groups in total. The second kappa shape index (κ2) is 5.79. The number of fused-ring (bicyclic) bond motifs is 1. The molecule has 1 aliphatic heterocycles. The minimum absolute atomic E-state index is 0.0890. The van der Waals surface area contributed by atoms with Gasteiger partial charge in [-0.3, -0.25) is 0 Å². The third-order valence-electron chi connectivity index (χ3n) is 4.11. The van der Waals surface area contributed by atoms with Crippen molar-refractivity contribution in [3.8, 4) is 0 Å². The van der Waals surface area contributed by atoms with Crippen molar-refractivity contribution in [3.05, 3.63) is 64.7 Å². The van der Waals surface area contributed by atoms with Crippen LogP contribution in [0, 0.1) is 13.8 Å². The van der Waals surface area contributed by atoms with Crippen molar-refractivity contribution in [3.63, 3.8) is 0 Å². The number of sulfone groups is 1. The minimum atomic E-state index is -3.91. The third-order valence-corrected chi connectivity index (χ3v) is 5.88. The van der Waals surface area contributed by atoms with Gasteiger partial charge in [0, 0.05) is 11.9 Å². The lowest BCUT2D eigenvalue weighted by atomic mass is 10.1. The molecule has 0 bridgehead atoms. The monoisotopic (exact) mass is 343 g/mol. The number of esters is 1. The van der Waals surface area contributed by atoms with Crippen molar-refractivity contribution < 1.29 is 17.9 Å². The predicted octanol–water partition coefficient (Wildman–Crippen LogP) is 3.24. The first kappa shape index (κ1) is 16.3. The molecule has 3 rings (SSSR count). The molecule has 6 heteroatoms. The van der Waals surface area contributed by atoms with Gasteiger partial charge in [-0.1, -0.05) is 18.2 Å². The molecule has 0 fully saturated rings. The van der Waals surface area contributed by atoms with Crippen molar-refractivity contribution in [2.24, 2.45) is 0 Å². The number of methoxy groups -OCH3 is 1. The molecule has 0 spiro atoms. The molecule has 0 unspecified atom stereocenters. The molecule has 124 valence electrons. The van der Waals surface area contributed by atoms with Crippen molar-refractivity contribution >= 4 is 27.2 Å². The van der Waals surface area contributed by atoms with Crippen LogP contribution in [0.2, 0.25) is 0 Å². The summed E-state index contributed by atoms with van der Waals surface area (Å²) in [5.74, 6) is -0.877. The maximum atomic E-state index is 12.7. The van der Waals surface area contributed by atoms with Gasteiger partial charge in [-0.2, -0.15) is 0 Å². The maximum Gasteiger partial charge on any atom is 0.351 e. The molecule has 1 aliphatic rings. The largest absolute Gasteiger partial charge is 0.465 e. The second-order valence-electron chi connectivity index (χ2n) is 5.59. The quantitative estimate of drug-likeness (QED) is 0.783. The number of hydrogen-bond donors (Lipinski definition) is 0. The summed E-state index contributed by atoms with van der Waals surface area (Å²) in [6, 6.07) is 12.4. The lowest BCUT2D eigenvalue weighted by Crippen LogP contribution is -2.26. The van der Waals surface area contributed by atoms with Crippen LogP contribution in [0.1, 0.15) is 11.1 Å². The number of rotatable bonds is 2. The molecular formula is C18H17NO4S. The molecule has 0 radical (unpaired) electrons. The average molecular weight is 343 g/mol.